The first-order chi connectivity index (χ1) is 6.86. The normalized spacial score (nSPS) is 23.1. The van der Waals surface area contributed by atoms with Crippen LogP contribution in [0.4, 0.5) is 0 Å². The standard InChI is InChI=1S/C12H15NO/c14-12-4-2-1-3-11(9-12)10-5-7-13-8-6-10/h5-8,11H,1-4,9H2. The highest BCUT2D eigenvalue weighted by Gasteiger charge is 2.18. The van der Waals surface area contributed by atoms with Crippen molar-refractivity contribution in [1.29, 1.82) is 0 Å². The molecule has 2 nitrogen and oxygen atoms in total. The Labute approximate surface area is 84.4 Å². The summed E-state index contributed by atoms with van der Waals surface area (Å²) in [6.07, 6.45) is 8.52. The van der Waals surface area contributed by atoms with Gasteiger partial charge in [0.25, 0.3) is 0 Å². The Balaban J connectivity index is 2.13. The molecular formula is C12H15NO. The minimum absolute atomic E-state index is 0.421. The van der Waals surface area contributed by atoms with Gasteiger partial charge in [0.1, 0.15) is 5.78 Å². The lowest BCUT2D eigenvalue weighted by atomic mass is 9.92. The van der Waals surface area contributed by atoms with Gasteiger partial charge in [0.15, 0.2) is 0 Å². The van der Waals surface area contributed by atoms with Crippen LogP contribution in [0.2, 0.25) is 0 Å². The molecule has 0 saturated heterocycles. The summed E-state index contributed by atoms with van der Waals surface area (Å²) in [5.74, 6) is 0.859. The number of Topliss-reactive ketones (excluding diaryl/α,β-unsaturated/α-hetero) is 1. The molecule has 1 aliphatic carbocycles. The molecule has 1 fully saturated rings. The summed E-state index contributed by atoms with van der Waals surface area (Å²) >= 11 is 0. The van der Waals surface area contributed by atoms with Gasteiger partial charge >= 0.3 is 0 Å². The zero-order valence-corrected chi connectivity index (χ0v) is 8.28. The van der Waals surface area contributed by atoms with Crippen molar-refractivity contribution in [2.24, 2.45) is 0 Å². The quantitative estimate of drug-likeness (QED) is 0.636. The first kappa shape index (κ1) is 9.38. The summed E-state index contributed by atoms with van der Waals surface area (Å²) < 4.78 is 0. The Hall–Kier alpha value is -1.18. The molecule has 1 unspecified atom stereocenters. The molecule has 1 aromatic heterocycles. The number of carbonyl (C=O) groups excluding carboxylic acids is 1. The van der Waals surface area contributed by atoms with Gasteiger partial charge in [-0.1, -0.05) is 6.42 Å². The smallest absolute Gasteiger partial charge is 0.133 e. The van der Waals surface area contributed by atoms with Crippen molar-refractivity contribution < 1.29 is 4.79 Å². The molecule has 0 aromatic carbocycles. The maximum Gasteiger partial charge on any atom is 0.133 e. The summed E-state index contributed by atoms with van der Waals surface area (Å²) in [6.45, 7) is 0. The molecule has 2 rings (SSSR count). The van der Waals surface area contributed by atoms with Crippen molar-refractivity contribution in [2.75, 3.05) is 0 Å². The molecule has 1 heterocycles. The van der Waals surface area contributed by atoms with Gasteiger partial charge in [-0.25, -0.2) is 0 Å². The van der Waals surface area contributed by atoms with Crippen molar-refractivity contribution in [2.45, 2.75) is 38.0 Å². The van der Waals surface area contributed by atoms with Gasteiger partial charge in [0, 0.05) is 25.2 Å². The Bertz CT molecular complexity index is 307. The zero-order chi connectivity index (χ0) is 9.80. The van der Waals surface area contributed by atoms with E-state index in [0.717, 1.165) is 25.7 Å². The molecule has 1 atom stereocenters. The zero-order valence-electron chi connectivity index (χ0n) is 8.28. The fraction of sp³-hybridized carbons (Fsp3) is 0.500. The Morgan fingerprint density at radius 2 is 2.00 bits per heavy atom. The van der Waals surface area contributed by atoms with E-state index in [-0.39, 0.29) is 0 Å². The van der Waals surface area contributed by atoms with E-state index in [1.807, 2.05) is 24.5 Å². The number of rotatable bonds is 1. The van der Waals surface area contributed by atoms with Gasteiger partial charge in [-0.05, 0) is 36.5 Å². The third-order valence-electron chi connectivity index (χ3n) is 2.91. The van der Waals surface area contributed by atoms with Crippen molar-refractivity contribution >= 4 is 5.78 Å². The Morgan fingerprint density at radius 1 is 1.21 bits per heavy atom. The first-order valence-electron chi connectivity index (χ1n) is 5.28. The topological polar surface area (TPSA) is 30.0 Å². The molecule has 0 N–H and O–H groups in total. The lowest BCUT2D eigenvalue weighted by Gasteiger charge is -2.12. The maximum atomic E-state index is 11.5. The number of carbonyl (C=O) groups is 1. The molecule has 14 heavy (non-hydrogen) atoms. The minimum atomic E-state index is 0.421. The van der Waals surface area contributed by atoms with Crippen LogP contribution in [0.5, 0.6) is 0 Å². The second kappa shape index (κ2) is 4.36. The molecule has 0 bridgehead atoms. The molecular weight excluding hydrogens is 174 g/mol. The van der Waals surface area contributed by atoms with E-state index < -0.39 is 0 Å². The van der Waals surface area contributed by atoms with E-state index in [9.17, 15) is 4.79 Å². The van der Waals surface area contributed by atoms with E-state index in [4.69, 9.17) is 0 Å². The van der Waals surface area contributed by atoms with Crippen molar-refractivity contribution in [3.05, 3.63) is 30.1 Å². The van der Waals surface area contributed by atoms with Gasteiger partial charge in [0.05, 0.1) is 0 Å². The van der Waals surface area contributed by atoms with Crippen molar-refractivity contribution in [3.63, 3.8) is 0 Å². The summed E-state index contributed by atoms with van der Waals surface area (Å²) in [5, 5.41) is 0. The van der Waals surface area contributed by atoms with E-state index in [0.29, 0.717) is 11.7 Å². The summed E-state index contributed by atoms with van der Waals surface area (Å²) in [6, 6.07) is 4.06. The van der Waals surface area contributed by atoms with Crippen molar-refractivity contribution in [1.82, 2.24) is 4.98 Å². The molecule has 1 aliphatic rings. The first-order valence-corrected chi connectivity index (χ1v) is 5.28. The van der Waals surface area contributed by atoms with Crippen LogP contribution in [0.3, 0.4) is 0 Å². The average molecular weight is 189 g/mol. The molecule has 74 valence electrons. The van der Waals surface area contributed by atoms with Crippen LogP contribution in [0.25, 0.3) is 0 Å². The molecule has 1 aromatic rings. The number of hydrogen-bond donors (Lipinski definition) is 0. The maximum absolute atomic E-state index is 11.5. The fourth-order valence-electron chi connectivity index (χ4n) is 2.11. The van der Waals surface area contributed by atoms with Crippen LogP contribution in [0, 0.1) is 0 Å². The predicted octanol–water partition coefficient (Wildman–Crippen LogP) is 2.70. The van der Waals surface area contributed by atoms with Crippen LogP contribution in [-0.4, -0.2) is 10.8 Å². The molecule has 0 radical (unpaired) electrons. The van der Waals surface area contributed by atoms with Crippen LogP contribution < -0.4 is 0 Å². The van der Waals surface area contributed by atoms with Gasteiger partial charge < -0.3 is 0 Å². The summed E-state index contributed by atoms with van der Waals surface area (Å²) in [7, 11) is 0. The Morgan fingerprint density at radius 3 is 2.79 bits per heavy atom. The minimum Gasteiger partial charge on any atom is -0.300 e. The second-order valence-electron chi connectivity index (χ2n) is 3.97. The number of hydrogen-bond acceptors (Lipinski definition) is 2. The number of aromatic nitrogens is 1. The van der Waals surface area contributed by atoms with Gasteiger partial charge in [0.2, 0.25) is 0 Å². The monoisotopic (exact) mass is 189 g/mol. The molecule has 0 spiro atoms. The highest BCUT2D eigenvalue weighted by atomic mass is 16.1. The molecule has 0 aliphatic heterocycles. The second-order valence-corrected chi connectivity index (χ2v) is 3.97. The largest absolute Gasteiger partial charge is 0.300 e. The highest BCUT2D eigenvalue weighted by Crippen LogP contribution is 2.29. The fourth-order valence-corrected chi connectivity index (χ4v) is 2.11. The predicted molar refractivity (Wildman–Crippen MR) is 55.1 cm³/mol. The van der Waals surface area contributed by atoms with Crippen LogP contribution >= 0.6 is 0 Å². The van der Waals surface area contributed by atoms with E-state index in [1.165, 1.54) is 12.0 Å². The van der Waals surface area contributed by atoms with Crippen molar-refractivity contribution in [3.8, 4) is 0 Å². The molecule has 2 heteroatoms. The van der Waals surface area contributed by atoms with E-state index >= 15 is 0 Å². The molecule has 0 amide bonds. The van der Waals surface area contributed by atoms with Crippen LogP contribution in [-0.2, 0) is 4.79 Å². The lowest BCUT2D eigenvalue weighted by Crippen LogP contribution is -2.03. The lowest BCUT2D eigenvalue weighted by molar-refractivity contribution is -0.119. The third kappa shape index (κ3) is 2.19. The average Bonchev–Trinajstić information content (AvgIpc) is 2.44. The van der Waals surface area contributed by atoms with Gasteiger partial charge in [-0.15, -0.1) is 0 Å². The van der Waals surface area contributed by atoms with Gasteiger partial charge in [-0.3, -0.25) is 9.78 Å². The highest BCUT2D eigenvalue weighted by molar-refractivity contribution is 5.79. The van der Waals surface area contributed by atoms with E-state index in [1.54, 1.807) is 0 Å². The number of pyridine rings is 1. The summed E-state index contributed by atoms with van der Waals surface area (Å²) in [5.41, 5.74) is 1.27. The summed E-state index contributed by atoms with van der Waals surface area (Å²) in [4.78, 5) is 15.4. The third-order valence-corrected chi connectivity index (χ3v) is 2.91. The molecule has 1 saturated carbocycles. The number of nitrogens with zero attached hydrogens (tertiary/aromatic N) is 1. The van der Waals surface area contributed by atoms with Crippen LogP contribution in [0.15, 0.2) is 24.5 Å². The Kier molecular flexibility index (Phi) is 2.92. The number of ketones is 1. The van der Waals surface area contributed by atoms with Crippen LogP contribution in [0.1, 0.15) is 43.6 Å². The van der Waals surface area contributed by atoms with Gasteiger partial charge in [-0.2, -0.15) is 0 Å². The van der Waals surface area contributed by atoms with E-state index in [2.05, 4.69) is 4.98 Å². The SMILES string of the molecule is O=C1CCCCC(c2ccncc2)C1.